The van der Waals surface area contributed by atoms with Crippen LogP contribution in [0.5, 0.6) is 5.75 Å². The van der Waals surface area contributed by atoms with Gasteiger partial charge in [-0.25, -0.2) is 9.78 Å². The number of aryl methyl sites for hydroxylation is 1. The number of likely N-dealkylation sites (tertiary alicyclic amines) is 1. The van der Waals surface area contributed by atoms with Crippen LogP contribution in [-0.2, 0) is 16.1 Å². The topological polar surface area (TPSA) is 68.7 Å². The van der Waals surface area contributed by atoms with Crippen LogP contribution in [-0.4, -0.2) is 40.5 Å². The molecule has 1 amide bonds. The maximum Gasteiger partial charge on any atom is 0.350 e. The van der Waals surface area contributed by atoms with Gasteiger partial charge in [-0.1, -0.05) is 11.6 Å². The summed E-state index contributed by atoms with van der Waals surface area (Å²) < 4.78 is 11.0. The second-order valence-electron chi connectivity index (χ2n) is 7.27. The van der Waals surface area contributed by atoms with E-state index in [-0.39, 0.29) is 31.2 Å². The zero-order valence-corrected chi connectivity index (χ0v) is 18.4. The third-order valence-electron chi connectivity index (χ3n) is 5.01. The fourth-order valence-corrected chi connectivity index (χ4v) is 4.56. The molecule has 1 aliphatic heterocycles. The molecule has 156 valence electrons. The van der Waals surface area contributed by atoms with Crippen LogP contribution >= 0.6 is 22.9 Å². The number of carbonyl (C=O) groups is 2. The zero-order chi connectivity index (χ0) is 21.0. The third kappa shape index (κ3) is 5.48. The highest BCUT2D eigenvalue weighted by atomic mass is 35.5. The Morgan fingerprint density at radius 2 is 1.86 bits per heavy atom. The molecule has 29 heavy (non-hydrogen) atoms. The largest absolute Gasteiger partial charge is 0.486 e. The molecule has 1 aromatic carbocycles. The van der Waals surface area contributed by atoms with Crippen molar-refractivity contribution in [2.75, 3.05) is 6.61 Å². The highest BCUT2D eigenvalue weighted by Gasteiger charge is 2.29. The summed E-state index contributed by atoms with van der Waals surface area (Å²) >= 11 is 7.08. The number of piperidine rings is 1. The van der Waals surface area contributed by atoms with Gasteiger partial charge in [0.25, 0.3) is 5.91 Å². The lowest BCUT2D eigenvalue weighted by atomic mass is 9.97. The van der Waals surface area contributed by atoms with Gasteiger partial charge >= 0.3 is 5.97 Å². The Morgan fingerprint density at radius 3 is 2.52 bits per heavy atom. The Labute approximate surface area is 179 Å². The third-order valence-corrected chi connectivity index (χ3v) is 6.37. The predicted molar refractivity (Wildman–Crippen MR) is 113 cm³/mol. The Hall–Kier alpha value is -2.12. The normalized spacial score (nSPS) is 19.1. The van der Waals surface area contributed by atoms with Crippen LogP contribution in [0.15, 0.2) is 24.3 Å². The van der Waals surface area contributed by atoms with Crippen LogP contribution in [0.1, 0.15) is 53.5 Å². The van der Waals surface area contributed by atoms with E-state index in [1.807, 2.05) is 18.7 Å². The number of rotatable bonds is 6. The van der Waals surface area contributed by atoms with E-state index in [1.54, 1.807) is 31.2 Å². The molecule has 1 aromatic heterocycles. The average molecular weight is 437 g/mol. The summed E-state index contributed by atoms with van der Waals surface area (Å²) in [6, 6.07) is 7.37. The predicted octanol–water partition coefficient (Wildman–Crippen LogP) is 4.63. The number of hydrogen-bond donors (Lipinski definition) is 0. The lowest BCUT2D eigenvalue weighted by Gasteiger charge is -2.38. The molecule has 6 nitrogen and oxygen atoms in total. The molecule has 3 rings (SSSR count). The van der Waals surface area contributed by atoms with Gasteiger partial charge in [-0.2, -0.15) is 0 Å². The molecular formula is C21H25ClN2O4S. The smallest absolute Gasteiger partial charge is 0.350 e. The molecule has 0 N–H and O–H groups in total. The van der Waals surface area contributed by atoms with Crippen molar-refractivity contribution >= 4 is 34.8 Å². The van der Waals surface area contributed by atoms with Crippen molar-refractivity contribution in [3.63, 3.8) is 0 Å². The van der Waals surface area contributed by atoms with Gasteiger partial charge in [-0.3, -0.25) is 4.79 Å². The minimum Gasteiger partial charge on any atom is -0.486 e. The first-order valence-electron chi connectivity index (χ1n) is 9.68. The Bertz CT molecular complexity index is 858. The van der Waals surface area contributed by atoms with Gasteiger partial charge in [0.15, 0.2) is 6.61 Å². The molecule has 8 heteroatoms. The number of esters is 1. The number of ether oxygens (including phenoxy) is 2. The summed E-state index contributed by atoms with van der Waals surface area (Å²) in [5.74, 6) is -0.00308. The molecule has 2 unspecified atom stereocenters. The molecule has 2 atom stereocenters. The number of amides is 1. The van der Waals surface area contributed by atoms with E-state index in [0.717, 1.165) is 19.3 Å². The van der Waals surface area contributed by atoms with Crippen molar-refractivity contribution in [3.05, 3.63) is 44.9 Å². The molecule has 2 aromatic rings. The molecule has 0 bridgehead atoms. The van der Waals surface area contributed by atoms with Crippen molar-refractivity contribution in [2.45, 2.75) is 58.7 Å². The van der Waals surface area contributed by atoms with E-state index in [0.29, 0.717) is 26.4 Å². The average Bonchev–Trinajstić information content (AvgIpc) is 3.06. The Kier molecular flexibility index (Phi) is 7.14. The number of hydrogen-bond acceptors (Lipinski definition) is 6. The lowest BCUT2D eigenvalue weighted by Crippen LogP contribution is -2.49. The van der Waals surface area contributed by atoms with Crippen LogP contribution in [0.3, 0.4) is 0 Å². The van der Waals surface area contributed by atoms with Gasteiger partial charge in [-0.05, 0) is 64.3 Å². The number of thiazole rings is 1. The van der Waals surface area contributed by atoms with E-state index in [2.05, 4.69) is 4.98 Å². The number of benzene rings is 1. The van der Waals surface area contributed by atoms with Crippen LogP contribution in [0, 0.1) is 6.92 Å². The molecule has 0 saturated carbocycles. The van der Waals surface area contributed by atoms with E-state index in [4.69, 9.17) is 21.1 Å². The summed E-state index contributed by atoms with van der Waals surface area (Å²) in [5, 5.41) is 1.30. The molecule has 0 spiro atoms. The number of nitrogens with zero attached hydrogens (tertiary/aromatic N) is 2. The molecule has 1 aliphatic rings. The highest BCUT2D eigenvalue weighted by molar-refractivity contribution is 7.13. The summed E-state index contributed by atoms with van der Waals surface area (Å²) in [6.07, 6.45) is 3.08. The van der Waals surface area contributed by atoms with Crippen LogP contribution in [0.25, 0.3) is 0 Å². The Morgan fingerprint density at radius 1 is 1.21 bits per heavy atom. The fraction of sp³-hybridized carbons (Fsp3) is 0.476. The van der Waals surface area contributed by atoms with Crippen molar-refractivity contribution < 1.29 is 19.1 Å². The second-order valence-corrected chi connectivity index (χ2v) is 8.79. The van der Waals surface area contributed by atoms with Crippen molar-refractivity contribution in [1.29, 1.82) is 0 Å². The summed E-state index contributed by atoms with van der Waals surface area (Å²) in [7, 11) is 0. The minimum absolute atomic E-state index is 0.147. The zero-order valence-electron chi connectivity index (χ0n) is 16.8. The van der Waals surface area contributed by atoms with E-state index < -0.39 is 5.97 Å². The lowest BCUT2D eigenvalue weighted by molar-refractivity contribution is -0.140. The van der Waals surface area contributed by atoms with E-state index >= 15 is 0 Å². The van der Waals surface area contributed by atoms with E-state index in [9.17, 15) is 9.59 Å². The van der Waals surface area contributed by atoms with Crippen LogP contribution in [0.2, 0.25) is 5.02 Å². The second kappa shape index (κ2) is 9.59. The first-order chi connectivity index (χ1) is 13.8. The number of aromatic nitrogens is 1. The van der Waals surface area contributed by atoms with Gasteiger partial charge in [0.1, 0.15) is 22.2 Å². The standard InChI is InChI=1S/C21H25ClN2O4S/c1-13-5-4-6-14(2)24(13)19(25)12-28-21(26)20-15(3)23-18(29-20)11-27-17-9-7-16(22)8-10-17/h7-10,13-14H,4-6,11-12H2,1-3H3. The quantitative estimate of drug-likeness (QED) is 0.617. The Balaban J connectivity index is 1.55. The molecular weight excluding hydrogens is 412 g/mol. The monoisotopic (exact) mass is 436 g/mol. The molecule has 1 saturated heterocycles. The van der Waals surface area contributed by atoms with Gasteiger partial charge in [0.2, 0.25) is 0 Å². The molecule has 2 heterocycles. The summed E-state index contributed by atoms with van der Waals surface area (Å²) in [6.45, 7) is 5.81. The SMILES string of the molecule is Cc1nc(COc2ccc(Cl)cc2)sc1C(=O)OCC(=O)N1C(C)CCCC1C. The van der Waals surface area contributed by atoms with Gasteiger partial charge < -0.3 is 14.4 Å². The molecule has 0 radical (unpaired) electrons. The number of carbonyl (C=O) groups excluding carboxylic acids is 2. The van der Waals surface area contributed by atoms with Gasteiger partial charge in [0.05, 0.1) is 5.69 Å². The van der Waals surface area contributed by atoms with Crippen molar-refractivity contribution in [2.24, 2.45) is 0 Å². The number of halogens is 1. The molecule has 0 aliphatic carbocycles. The van der Waals surface area contributed by atoms with E-state index in [1.165, 1.54) is 11.3 Å². The maximum atomic E-state index is 12.5. The van der Waals surface area contributed by atoms with Crippen LogP contribution in [0.4, 0.5) is 0 Å². The first kappa shape index (κ1) is 21.6. The maximum absolute atomic E-state index is 12.5. The first-order valence-corrected chi connectivity index (χ1v) is 10.9. The summed E-state index contributed by atoms with van der Waals surface area (Å²) in [4.78, 5) is 31.6. The van der Waals surface area contributed by atoms with Gasteiger partial charge in [-0.15, -0.1) is 11.3 Å². The molecule has 1 fully saturated rings. The van der Waals surface area contributed by atoms with Crippen molar-refractivity contribution in [3.8, 4) is 5.75 Å². The minimum atomic E-state index is -0.525. The van der Waals surface area contributed by atoms with Gasteiger partial charge in [0, 0.05) is 17.1 Å². The highest BCUT2D eigenvalue weighted by Crippen LogP contribution is 2.24. The van der Waals surface area contributed by atoms with Crippen LogP contribution < -0.4 is 4.74 Å². The van der Waals surface area contributed by atoms with Crippen molar-refractivity contribution in [1.82, 2.24) is 9.88 Å². The summed E-state index contributed by atoms with van der Waals surface area (Å²) in [5.41, 5.74) is 0.571. The fourth-order valence-electron chi connectivity index (χ4n) is 3.56.